The molecule has 62 valence electrons. The van der Waals surface area contributed by atoms with Crippen LogP contribution in [0.1, 0.15) is 19.8 Å². The smallest absolute Gasteiger partial charge is 0.220 e. The van der Waals surface area contributed by atoms with Gasteiger partial charge in [0, 0.05) is 25.9 Å². The Morgan fingerprint density at radius 2 is 2.36 bits per heavy atom. The minimum atomic E-state index is 0.0527. The molecule has 1 amide bonds. The fourth-order valence-corrected chi connectivity index (χ4v) is 0.542. The van der Waals surface area contributed by atoms with Crippen molar-refractivity contribution in [3.05, 3.63) is 12.3 Å². The summed E-state index contributed by atoms with van der Waals surface area (Å²) in [4.78, 5) is 14.6. The van der Waals surface area contributed by atoms with Crippen LogP contribution in [0.2, 0.25) is 0 Å². The molecule has 3 heteroatoms. The van der Waals surface area contributed by atoms with Crippen LogP contribution in [-0.2, 0) is 4.79 Å². The number of hydrogen-bond acceptors (Lipinski definition) is 2. The fraction of sp³-hybridized carbons (Fsp3) is 0.500. The van der Waals surface area contributed by atoms with Gasteiger partial charge in [0.1, 0.15) is 0 Å². The lowest BCUT2D eigenvalue weighted by molar-refractivity contribution is -0.120. The molecule has 0 spiro atoms. The maximum atomic E-state index is 10.7. The number of aliphatic imine (C=N–C) groups is 1. The molecule has 0 saturated carbocycles. The van der Waals surface area contributed by atoms with Crippen LogP contribution in [0.5, 0.6) is 0 Å². The van der Waals surface area contributed by atoms with E-state index in [-0.39, 0.29) is 5.91 Å². The number of nitrogens with zero attached hydrogens (tertiary/aromatic N) is 1. The van der Waals surface area contributed by atoms with Crippen molar-refractivity contribution in [1.29, 1.82) is 0 Å². The van der Waals surface area contributed by atoms with E-state index in [1.165, 1.54) is 0 Å². The number of hydrogen-bond donors (Lipinski definition) is 1. The highest BCUT2D eigenvalue weighted by atomic mass is 16.1. The summed E-state index contributed by atoms with van der Waals surface area (Å²) >= 11 is 0. The van der Waals surface area contributed by atoms with E-state index >= 15 is 0 Å². The van der Waals surface area contributed by atoms with Crippen LogP contribution in [0.4, 0.5) is 0 Å². The van der Waals surface area contributed by atoms with Gasteiger partial charge >= 0.3 is 0 Å². The molecule has 0 aliphatic heterocycles. The molecular weight excluding hydrogens is 140 g/mol. The Bertz CT molecular complexity index is 161. The second-order valence-corrected chi connectivity index (χ2v) is 2.03. The number of carbonyl (C=O) groups excluding carboxylic acids is 1. The Morgan fingerprint density at radius 1 is 1.64 bits per heavy atom. The standard InChI is InChI=1S/C8H14N2O/c1-3-6-10-7-4-5-8(11)9-2/h3,6-7H,4-5H2,1-2H3,(H,9,11)/b6-3-,10-7-. The molecule has 0 bridgehead atoms. The summed E-state index contributed by atoms with van der Waals surface area (Å²) in [6.45, 7) is 1.90. The lowest BCUT2D eigenvalue weighted by Gasteiger charge is -1.92. The molecular formula is C8H14N2O. The Morgan fingerprint density at radius 3 is 2.91 bits per heavy atom. The van der Waals surface area contributed by atoms with Gasteiger partial charge in [-0.3, -0.25) is 9.79 Å². The van der Waals surface area contributed by atoms with E-state index in [1.54, 1.807) is 19.5 Å². The van der Waals surface area contributed by atoms with Gasteiger partial charge in [-0.15, -0.1) is 0 Å². The normalized spacial score (nSPS) is 11.1. The van der Waals surface area contributed by atoms with Crippen molar-refractivity contribution in [2.24, 2.45) is 4.99 Å². The fourth-order valence-electron chi connectivity index (χ4n) is 0.542. The zero-order valence-electron chi connectivity index (χ0n) is 7.00. The molecule has 0 aliphatic rings. The van der Waals surface area contributed by atoms with Gasteiger partial charge in [-0.25, -0.2) is 0 Å². The van der Waals surface area contributed by atoms with Crippen molar-refractivity contribution in [1.82, 2.24) is 5.32 Å². The minimum Gasteiger partial charge on any atom is -0.359 e. The Labute approximate surface area is 67.2 Å². The Hall–Kier alpha value is -1.12. The van der Waals surface area contributed by atoms with Crippen LogP contribution in [0.3, 0.4) is 0 Å². The van der Waals surface area contributed by atoms with Crippen molar-refractivity contribution >= 4 is 12.1 Å². The molecule has 3 nitrogen and oxygen atoms in total. The molecule has 0 aromatic carbocycles. The highest BCUT2D eigenvalue weighted by Gasteiger charge is 1.92. The molecule has 0 unspecified atom stereocenters. The molecule has 0 aromatic rings. The first-order valence-corrected chi connectivity index (χ1v) is 3.64. The van der Waals surface area contributed by atoms with E-state index in [9.17, 15) is 4.79 Å². The second-order valence-electron chi connectivity index (χ2n) is 2.03. The van der Waals surface area contributed by atoms with Crippen LogP contribution in [0, 0.1) is 0 Å². The Kier molecular flexibility index (Phi) is 6.28. The van der Waals surface area contributed by atoms with Gasteiger partial charge in [0.25, 0.3) is 0 Å². The van der Waals surface area contributed by atoms with Crippen LogP contribution in [0.25, 0.3) is 0 Å². The highest BCUT2D eigenvalue weighted by Crippen LogP contribution is 1.84. The number of rotatable bonds is 4. The number of nitrogens with one attached hydrogen (secondary N) is 1. The molecule has 0 saturated heterocycles. The van der Waals surface area contributed by atoms with Crippen LogP contribution >= 0.6 is 0 Å². The minimum absolute atomic E-state index is 0.0527. The first-order chi connectivity index (χ1) is 5.31. The number of allylic oxidation sites excluding steroid dienone is 1. The maximum Gasteiger partial charge on any atom is 0.220 e. The van der Waals surface area contributed by atoms with E-state index in [0.717, 1.165) is 0 Å². The van der Waals surface area contributed by atoms with Gasteiger partial charge in [-0.1, -0.05) is 6.08 Å². The first-order valence-electron chi connectivity index (χ1n) is 3.64. The van der Waals surface area contributed by atoms with Gasteiger partial charge in [-0.2, -0.15) is 0 Å². The van der Waals surface area contributed by atoms with Crippen molar-refractivity contribution in [2.45, 2.75) is 19.8 Å². The molecule has 11 heavy (non-hydrogen) atoms. The third kappa shape index (κ3) is 6.77. The van der Waals surface area contributed by atoms with Crippen molar-refractivity contribution < 1.29 is 4.79 Å². The largest absolute Gasteiger partial charge is 0.359 e. The van der Waals surface area contributed by atoms with Crippen LogP contribution in [0.15, 0.2) is 17.3 Å². The quantitative estimate of drug-likeness (QED) is 0.606. The van der Waals surface area contributed by atoms with E-state index in [4.69, 9.17) is 0 Å². The van der Waals surface area contributed by atoms with Gasteiger partial charge < -0.3 is 5.32 Å². The summed E-state index contributed by atoms with van der Waals surface area (Å²) in [5, 5.41) is 2.54. The summed E-state index contributed by atoms with van der Waals surface area (Å²) in [6.07, 6.45) is 6.48. The monoisotopic (exact) mass is 154 g/mol. The molecule has 0 heterocycles. The van der Waals surface area contributed by atoms with Crippen molar-refractivity contribution in [3.63, 3.8) is 0 Å². The Balaban J connectivity index is 3.33. The van der Waals surface area contributed by atoms with E-state index in [1.807, 2.05) is 13.0 Å². The van der Waals surface area contributed by atoms with Crippen LogP contribution < -0.4 is 5.32 Å². The predicted octanol–water partition coefficient (Wildman–Crippen LogP) is 1.12. The van der Waals surface area contributed by atoms with Gasteiger partial charge in [0.05, 0.1) is 0 Å². The summed E-state index contributed by atoms with van der Waals surface area (Å²) in [6, 6.07) is 0. The molecule has 0 atom stereocenters. The number of carbonyl (C=O) groups is 1. The molecule has 0 radical (unpaired) electrons. The molecule has 0 aromatic heterocycles. The number of amides is 1. The van der Waals surface area contributed by atoms with E-state index in [0.29, 0.717) is 12.8 Å². The SMILES string of the molecule is C/C=C\N=C/CCC(=O)NC. The van der Waals surface area contributed by atoms with Gasteiger partial charge in [-0.05, 0) is 13.3 Å². The van der Waals surface area contributed by atoms with Crippen molar-refractivity contribution in [3.8, 4) is 0 Å². The van der Waals surface area contributed by atoms with E-state index < -0.39 is 0 Å². The third-order valence-corrected chi connectivity index (χ3v) is 1.12. The average molecular weight is 154 g/mol. The lowest BCUT2D eigenvalue weighted by atomic mass is 10.3. The first kappa shape index (κ1) is 9.88. The summed E-state index contributed by atoms with van der Waals surface area (Å²) in [5.41, 5.74) is 0. The summed E-state index contributed by atoms with van der Waals surface area (Å²) < 4.78 is 0. The second kappa shape index (κ2) is 6.99. The van der Waals surface area contributed by atoms with Crippen LogP contribution in [-0.4, -0.2) is 19.2 Å². The molecule has 0 fully saturated rings. The molecule has 0 rings (SSSR count). The summed E-state index contributed by atoms with van der Waals surface area (Å²) in [7, 11) is 1.63. The van der Waals surface area contributed by atoms with Crippen molar-refractivity contribution in [2.75, 3.05) is 7.05 Å². The van der Waals surface area contributed by atoms with Gasteiger partial charge in [0.15, 0.2) is 0 Å². The zero-order valence-corrected chi connectivity index (χ0v) is 7.00. The summed E-state index contributed by atoms with van der Waals surface area (Å²) in [5.74, 6) is 0.0527. The topological polar surface area (TPSA) is 41.5 Å². The zero-order chi connectivity index (χ0) is 8.53. The molecule has 0 aliphatic carbocycles. The predicted molar refractivity (Wildman–Crippen MR) is 46.6 cm³/mol. The van der Waals surface area contributed by atoms with Gasteiger partial charge in [0.2, 0.25) is 5.91 Å². The average Bonchev–Trinajstić information content (AvgIpc) is 2.04. The highest BCUT2D eigenvalue weighted by molar-refractivity contribution is 5.78. The lowest BCUT2D eigenvalue weighted by Crippen LogP contribution is -2.16. The maximum absolute atomic E-state index is 10.7. The molecule has 1 N–H and O–H groups in total. The van der Waals surface area contributed by atoms with E-state index in [2.05, 4.69) is 10.3 Å². The third-order valence-electron chi connectivity index (χ3n) is 1.12.